The van der Waals surface area contributed by atoms with Crippen LogP contribution < -0.4 is 9.47 Å². The fourth-order valence-electron chi connectivity index (χ4n) is 3.26. The van der Waals surface area contributed by atoms with Gasteiger partial charge in [-0.1, -0.05) is 12.1 Å². The maximum Gasteiger partial charge on any atom is 0.573 e. The zero-order valence-corrected chi connectivity index (χ0v) is 16.8. The molecule has 0 aromatic heterocycles. The van der Waals surface area contributed by atoms with Crippen molar-refractivity contribution in [1.82, 2.24) is 4.90 Å². The third-order valence-electron chi connectivity index (χ3n) is 4.84. The molecule has 0 aliphatic carbocycles. The van der Waals surface area contributed by atoms with Gasteiger partial charge in [-0.25, -0.2) is 8.42 Å². The van der Waals surface area contributed by atoms with Gasteiger partial charge in [0.15, 0.2) is 9.84 Å². The predicted octanol–water partition coefficient (Wildman–Crippen LogP) is 3.00. The minimum Gasteiger partial charge on any atom is -0.492 e. The third-order valence-corrected chi connectivity index (χ3v) is 7.03. The van der Waals surface area contributed by atoms with Crippen molar-refractivity contribution in [3.8, 4) is 11.5 Å². The summed E-state index contributed by atoms with van der Waals surface area (Å²) in [6, 6.07) is 11.3. The second-order valence-electron chi connectivity index (χ2n) is 6.93. The number of halogens is 3. The fourth-order valence-corrected chi connectivity index (χ4v) is 4.98. The zero-order chi connectivity index (χ0) is 21.8. The summed E-state index contributed by atoms with van der Waals surface area (Å²) < 4.78 is 71.7. The topological polar surface area (TPSA) is 76.1 Å². The molecule has 3 rings (SSSR count). The van der Waals surface area contributed by atoms with E-state index in [4.69, 9.17) is 9.84 Å². The molecule has 1 saturated heterocycles. The van der Waals surface area contributed by atoms with E-state index in [-0.39, 0.29) is 11.5 Å². The van der Waals surface area contributed by atoms with Crippen LogP contribution in [0.1, 0.15) is 12.0 Å². The van der Waals surface area contributed by atoms with Crippen LogP contribution in [-0.4, -0.2) is 56.3 Å². The molecule has 1 fully saturated rings. The molecule has 1 heterocycles. The number of sulfone groups is 1. The molecule has 2 aromatic rings. The van der Waals surface area contributed by atoms with E-state index in [0.717, 1.165) is 29.8 Å². The van der Waals surface area contributed by atoms with E-state index in [1.807, 2.05) is 4.90 Å². The van der Waals surface area contributed by atoms with Crippen molar-refractivity contribution in [2.45, 2.75) is 29.5 Å². The molecule has 1 aliphatic rings. The Balaban J connectivity index is 1.52. The van der Waals surface area contributed by atoms with E-state index in [1.54, 1.807) is 24.3 Å². The standard InChI is InChI=1S/C20H22F3NO5S/c21-20(22,23)29-17-5-7-18(8-6-17)30(26,27)19-9-10-24(13-19)11-12-28-16-3-1-15(14-25)2-4-16/h1-8,19,25H,9-14H2. The van der Waals surface area contributed by atoms with E-state index in [1.165, 1.54) is 0 Å². The first-order valence-electron chi connectivity index (χ1n) is 9.32. The minimum atomic E-state index is -4.82. The van der Waals surface area contributed by atoms with Gasteiger partial charge in [0.05, 0.1) is 16.8 Å². The number of rotatable bonds is 8. The number of ether oxygens (including phenoxy) is 2. The number of benzene rings is 2. The van der Waals surface area contributed by atoms with E-state index in [0.29, 0.717) is 38.4 Å². The number of likely N-dealkylation sites (tertiary alicyclic amines) is 1. The Bertz CT molecular complexity index is 930. The number of aliphatic hydroxyl groups is 1. The summed E-state index contributed by atoms with van der Waals surface area (Å²) in [5.74, 6) is 0.204. The average Bonchev–Trinajstić information content (AvgIpc) is 3.17. The molecule has 30 heavy (non-hydrogen) atoms. The molecule has 164 valence electrons. The molecular formula is C20H22F3NO5S. The lowest BCUT2D eigenvalue weighted by Gasteiger charge is -2.17. The maximum atomic E-state index is 12.8. The van der Waals surface area contributed by atoms with E-state index < -0.39 is 27.2 Å². The summed E-state index contributed by atoms with van der Waals surface area (Å²) in [4.78, 5) is 1.95. The first-order valence-corrected chi connectivity index (χ1v) is 10.9. The minimum absolute atomic E-state index is 0.0240. The van der Waals surface area contributed by atoms with Crippen LogP contribution in [0.4, 0.5) is 13.2 Å². The van der Waals surface area contributed by atoms with Gasteiger partial charge in [-0.3, -0.25) is 4.90 Å². The van der Waals surface area contributed by atoms with Crippen LogP contribution in [-0.2, 0) is 16.4 Å². The quantitative estimate of drug-likeness (QED) is 0.673. The van der Waals surface area contributed by atoms with Crippen LogP contribution in [0.25, 0.3) is 0 Å². The molecule has 1 aliphatic heterocycles. The van der Waals surface area contributed by atoms with Gasteiger partial charge in [0.25, 0.3) is 0 Å². The number of hydrogen-bond donors (Lipinski definition) is 1. The molecular weight excluding hydrogens is 423 g/mol. The van der Waals surface area contributed by atoms with Crippen molar-refractivity contribution < 1.29 is 36.2 Å². The number of hydrogen-bond acceptors (Lipinski definition) is 6. The average molecular weight is 445 g/mol. The number of alkyl halides is 3. The van der Waals surface area contributed by atoms with Crippen molar-refractivity contribution in [3.05, 3.63) is 54.1 Å². The van der Waals surface area contributed by atoms with E-state index in [2.05, 4.69) is 4.74 Å². The van der Waals surface area contributed by atoms with Crippen molar-refractivity contribution >= 4 is 9.84 Å². The molecule has 0 spiro atoms. The van der Waals surface area contributed by atoms with Gasteiger partial charge in [0.2, 0.25) is 0 Å². The summed E-state index contributed by atoms with van der Waals surface area (Å²) >= 11 is 0. The fraction of sp³-hybridized carbons (Fsp3) is 0.400. The van der Waals surface area contributed by atoms with Crippen LogP contribution >= 0.6 is 0 Å². The Hall–Kier alpha value is -2.30. The molecule has 0 amide bonds. The summed E-state index contributed by atoms with van der Waals surface area (Å²) in [5.41, 5.74) is 0.785. The monoisotopic (exact) mass is 445 g/mol. The van der Waals surface area contributed by atoms with Gasteiger partial charge >= 0.3 is 6.36 Å². The smallest absolute Gasteiger partial charge is 0.492 e. The summed E-state index contributed by atoms with van der Waals surface area (Å²) in [6.07, 6.45) is -4.39. The Morgan fingerprint density at radius 2 is 1.67 bits per heavy atom. The number of nitrogens with zero attached hydrogens (tertiary/aromatic N) is 1. The first kappa shape index (κ1) is 22.4. The van der Waals surface area contributed by atoms with Crippen molar-refractivity contribution in [3.63, 3.8) is 0 Å². The zero-order valence-electron chi connectivity index (χ0n) is 16.0. The molecule has 1 unspecified atom stereocenters. The molecule has 0 saturated carbocycles. The van der Waals surface area contributed by atoms with Crippen molar-refractivity contribution in [2.24, 2.45) is 0 Å². The van der Waals surface area contributed by atoms with Crippen LogP contribution in [0.3, 0.4) is 0 Å². The SMILES string of the molecule is O=S(=O)(c1ccc(OC(F)(F)F)cc1)C1CCN(CCOc2ccc(CO)cc2)C1. The molecule has 10 heteroatoms. The highest BCUT2D eigenvalue weighted by Crippen LogP contribution is 2.28. The molecule has 6 nitrogen and oxygen atoms in total. The highest BCUT2D eigenvalue weighted by molar-refractivity contribution is 7.92. The molecule has 1 atom stereocenters. The molecule has 2 aromatic carbocycles. The van der Waals surface area contributed by atoms with Crippen LogP contribution in [0.2, 0.25) is 0 Å². The van der Waals surface area contributed by atoms with Gasteiger partial charge in [0, 0.05) is 13.1 Å². The van der Waals surface area contributed by atoms with Crippen molar-refractivity contribution in [2.75, 3.05) is 26.2 Å². The van der Waals surface area contributed by atoms with Gasteiger partial charge < -0.3 is 14.6 Å². The van der Waals surface area contributed by atoms with Crippen LogP contribution in [0, 0.1) is 0 Å². The molecule has 0 bridgehead atoms. The largest absolute Gasteiger partial charge is 0.573 e. The highest BCUT2D eigenvalue weighted by atomic mass is 32.2. The second-order valence-corrected chi connectivity index (χ2v) is 9.15. The maximum absolute atomic E-state index is 12.8. The summed E-state index contributed by atoms with van der Waals surface area (Å²) in [5, 5.41) is 8.40. The highest BCUT2D eigenvalue weighted by Gasteiger charge is 2.35. The lowest BCUT2D eigenvalue weighted by Crippen LogP contribution is -2.30. The lowest BCUT2D eigenvalue weighted by molar-refractivity contribution is -0.274. The normalized spacial score (nSPS) is 17.8. The second kappa shape index (κ2) is 9.23. The Morgan fingerprint density at radius 1 is 1.03 bits per heavy atom. The predicted molar refractivity (Wildman–Crippen MR) is 103 cm³/mol. The van der Waals surface area contributed by atoms with Crippen molar-refractivity contribution in [1.29, 1.82) is 0 Å². The van der Waals surface area contributed by atoms with Gasteiger partial charge in [-0.2, -0.15) is 0 Å². The summed E-state index contributed by atoms with van der Waals surface area (Å²) in [7, 11) is -3.66. The Labute approximate surface area is 172 Å². The molecule has 0 radical (unpaired) electrons. The Kier molecular flexibility index (Phi) is 6.89. The van der Waals surface area contributed by atoms with Crippen LogP contribution in [0.5, 0.6) is 11.5 Å². The number of aliphatic hydroxyl groups excluding tert-OH is 1. The lowest BCUT2D eigenvalue weighted by atomic mass is 10.2. The first-order chi connectivity index (χ1) is 14.2. The van der Waals surface area contributed by atoms with Crippen LogP contribution in [0.15, 0.2) is 53.4 Å². The van der Waals surface area contributed by atoms with E-state index in [9.17, 15) is 21.6 Å². The van der Waals surface area contributed by atoms with Gasteiger partial charge in [0.1, 0.15) is 18.1 Å². The summed E-state index contributed by atoms with van der Waals surface area (Å²) in [6.45, 7) is 1.81. The Morgan fingerprint density at radius 3 is 2.27 bits per heavy atom. The molecule has 1 N–H and O–H groups in total. The third kappa shape index (κ3) is 5.87. The van der Waals surface area contributed by atoms with Gasteiger partial charge in [-0.15, -0.1) is 13.2 Å². The van der Waals surface area contributed by atoms with E-state index >= 15 is 0 Å². The van der Waals surface area contributed by atoms with Gasteiger partial charge in [-0.05, 0) is 54.9 Å².